The van der Waals surface area contributed by atoms with Gasteiger partial charge in [0.2, 0.25) is 0 Å². The highest BCUT2D eigenvalue weighted by molar-refractivity contribution is 5.79. The third-order valence-corrected chi connectivity index (χ3v) is 3.38. The van der Waals surface area contributed by atoms with Crippen molar-refractivity contribution in [1.82, 2.24) is 0 Å². The van der Waals surface area contributed by atoms with Gasteiger partial charge in [-0.2, -0.15) is 0 Å². The molecular formula is C16H24O2. The highest BCUT2D eigenvalue weighted by Crippen LogP contribution is 2.33. The van der Waals surface area contributed by atoms with E-state index in [1.165, 1.54) is 38.2 Å². The summed E-state index contributed by atoms with van der Waals surface area (Å²) in [6.07, 6.45) is 18.9. The van der Waals surface area contributed by atoms with Gasteiger partial charge in [0.15, 0.2) is 0 Å². The summed E-state index contributed by atoms with van der Waals surface area (Å²) in [6.45, 7) is 2.20. The van der Waals surface area contributed by atoms with E-state index in [0.717, 1.165) is 0 Å². The fourth-order valence-corrected chi connectivity index (χ4v) is 2.43. The van der Waals surface area contributed by atoms with E-state index in [-0.39, 0.29) is 0 Å². The maximum absolute atomic E-state index is 10.3. The van der Waals surface area contributed by atoms with E-state index in [9.17, 15) is 4.79 Å². The Kier molecular flexibility index (Phi) is 7.16. The molecule has 2 heteroatoms. The van der Waals surface area contributed by atoms with Crippen molar-refractivity contribution < 1.29 is 9.90 Å². The molecule has 2 atom stereocenters. The summed E-state index contributed by atoms with van der Waals surface area (Å²) in [6, 6.07) is 0. The number of hydrogen-bond acceptors (Lipinski definition) is 1. The monoisotopic (exact) mass is 248 g/mol. The largest absolute Gasteiger partial charge is 0.478 e. The Balaban J connectivity index is 2.35. The number of carboxylic acids is 1. The van der Waals surface area contributed by atoms with Crippen LogP contribution in [0.4, 0.5) is 0 Å². The molecule has 0 saturated heterocycles. The molecule has 0 amide bonds. The molecule has 1 saturated carbocycles. The van der Waals surface area contributed by atoms with E-state index < -0.39 is 5.97 Å². The smallest absolute Gasteiger partial charge is 0.327 e. The second kappa shape index (κ2) is 8.73. The Morgan fingerprint density at radius 1 is 1.17 bits per heavy atom. The van der Waals surface area contributed by atoms with Crippen LogP contribution in [0, 0.1) is 11.8 Å². The highest BCUT2D eigenvalue weighted by Gasteiger charge is 2.22. The van der Waals surface area contributed by atoms with Crippen LogP contribution in [0.25, 0.3) is 0 Å². The van der Waals surface area contributed by atoms with Crippen molar-refractivity contribution in [2.75, 3.05) is 0 Å². The van der Waals surface area contributed by atoms with Crippen LogP contribution in [-0.2, 0) is 4.79 Å². The molecule has 1 rings (SSSR count). The number of allylic oxidation sites excluding steroid dienone is 5. The predicted molar refractivity (Wildman–Crippen MR) is 75.4 cm³/mol. The van der Waals surface area contributed by atoms with Crippen LogP contribution in [0.1, 0.15) is 45.4 Å². The first kappa shape index (κ1) is 14.7. The van der Waals surface area contributed by atoms with E-state index >= 15 is 0 Å². The normalized spacial score (nSPS) is 24.7. The molecule has 0 aromatic heterocycles. The van der Waals surface area contributed by atoms with Gasteiger partial charge in [-0.3, -0.25) is 0 Å². The predicted octanol–water partition coefficient (Wildman–Crippen LogP) is 4.35. The summed E-state index contributed by atoms with van der Waals surface area (Å²) in [5.41, 5.74) is 0. The summed E-state index contributed by atoms with van der Waals surface area (Å²) < 4.78 is 0. The fraction of sp³-hybridized carbons (Fsp3) is 0.562. The Bertz CT molecular complexity index is 326. The third-order valence-electron chi connectivity index (χ3n) is 3.38. The van der Waals surface area contributed by atoms with E-state index in [4.69, 9.17) is 5.11 Å². The van der Waals surface area contributed by atoms with E-state index in [1.807, 2.05) is 0 Å². The number of rotatable bonds is 7. The molecule has 0 unspecified atom stereocenters. The molecule has 0 radical (unpaired) electrons. The van der Waals surface area contributed by atoms with Crippen LogP contribution in [-0.4, -0.2) is 11.1 Å². The molecule has 0 aromatic carbocycles. The lowest BCUT2D eigenvalue weighted by molar-refractivity contribution is -0.131. The average molecular weight is 248 g/mol. The molecular weight excluding hydrogens is 224 g/mol. The summed E-state index contributed by atoms with van der Waals surface area (Å²) >= 11 is 0. The Labute approximate surface area is 110 Å². The minimum Gasteiger partial charge on any atom is -0.478 e. The maximum atomic E-state index is 10.3. The van der Waals surface area contributed by atoms with E-state index in [0.29, 0.717) is 18.3 Å². The van der Waals surface area contributed by atoms with E-state index in [1.54, 1.807) is 6.08 Å². The molecule has 0 heterocycles. The summed E-state index contributed by atoms with van der Waals surface area (Å²) in [5.74, 6) is 0.470. The van der Waals surface area contributed by atoms with Crippen molar-refractivity contribution in [3.8, 4) is 0 Å². The molecule has 1 N–H and O–H groups in total. The molecule has 0 aliphatic heterocycles. The van der Waals surface area contributed by atoms with Crippen molar-refractivity contribution in [3.63, 3.8) is 0 Å². The zero-order valence-corrected chi connectivity index (χ0v) is 11.2. The molecule has 0 bridgehead atoms. The van der Waals surface area contributed by atoms with Crippen LogP contribution in [0.5, 0.6) is 0 Å². The fourth-order valence-electron chi connectivity index (χ4n) is 2.43. The molecule has 1 fully saturated rings. The number of hydrogen-bond donors (Lipinski definition) is 1. The third kappa shape index (κ3) is 5.85. The molecule has 2 nitrogen and oxygen atoms in total. The maximum Gasteiger partial charge on any atom is 0.327 e. The summed E-state index contributed by atoms with van der Waals surface area (Å²) in [4.78, 5) is 10.3. The van der Waals surface area contributed by atoms with E-state index in [2.05, 4.69) is 31.2 Å². The SMILES string of the molecule is CCCC=C[C@H]1CCC[C@@H]1C=CCC=CC(=O)O. The zero-order chi connectivity index (χ0) is 13.2. The lowest BCUT2D eigenvalue weighted by Crippen LogP contribution is -2.01. The minimum atomic E-state index is -0.871. The molecule has 100 valence electrons. The van der Waals surface area contributed by atoms with Crippen LogP contribution >= 0.6 is 0 Å². The van der Waals surface area contributed by atoms with Gasteiger partial charge in [0.05, 0.1) is 0 Å². The Morgan fingerprint density at radius 3 is 2.44 bits per heavy atom. The minimum absolute atomic E-state index is 0.649. The quantitative estimate of drug-likeness (QED) is 0.537. The van der Waals surface area contributed by atoms with Crippen molar-refractivity contribution in [1.29, 1.82) is 0 Å². The van der Waals surface area contributed by atoms with Crippen molar-refractivity contribution in [2.45, 2.75) is 45.4 Å². The molecule has 0 spiro atoms. The molecule has 0 aromatic rings. The van der Waals surface area contributed by atoms with Gasteiger partial charge in [-0.25, -0.2) is 4.79 Å². The summed E-state index contributed by atoms with van der Waals surface area (Å²) in [5, 5.41) is 8.47. The van der Waals surface area contributed by atoms with Crippen LogP contribution < -0.4 is 0 Å². The number of carbonyl (C=O) groups is 1. The second-order valence-corrected chi connectivity index (χ2v) is 4.88. The lowest BCUT2D eigenvalue weighted by Gasteiger charge is -2.11. The highest BCUT2D eigenvalue weighted by atomic mass is 16.4. The van der Waals surface area contributed by atoms with Gasteiger partial charge in [-0.15, -0.1) is 0 Å². The first-order valence-corrected chi connectivity index (χ1v) is 6.96. The van der Waals surface area contributed by atoms with Crippen molar-refractivity contribution in [3.05, 3.63) is 36.5 Å². The first-order chi connectivity index (χ1) is 8.74. The molecule has 1 aliphatic rings. The van der Waals surface area contributed by atoms with Gasteiger partial charge in [-0.1, -0.05) is 50.1 Å². The number of unbranched alkanes of at least 4 members (excludes halogenated alkanes) is 1. The van der Waals surface area contributed by atoms with Gasteiger partial charge in [-0.05, 0) is 37.5 Å². The zero-order valence-electron chi connectivity index (χ0n) is 11.2. The van der Waals surface area contributed by atoms with Gasteiger partial charge < -0.3 is 5.11 Å². The number of aliphatic carboxylic acids is 1. The Hall–Kier alpha value is -1.31. The number of carboxylic acid groups (broad SMARTS) is 1. The van der Waals surface area contributed by atoms with Gasteiger partial charge in [0.1, 0.15) is 0 Å². The lowest BCUT2D eigenvalue weighted by atomic mass is 9.94. The standard InChI is InChI=1S/C16H24O2/c1-2-3-5-9-14-11-8-12-15(14)10-6-4-7-13-16(17)18/h5-7,9-10,13-15H,2-4,8,11-12H2,1H3,(H,17,18)/t14-,15-/m0/s1. The van der Waals surface area contributed by atoms with Crippen LogP contribution in [0.15, 0.2) is 36.5 Å². The Morgan fingerprint density at radius 2 is 1.83 bits per heavy atom. The van der Waals surface area contributed by atoms with Crippen molar-refractivity contribution >= 4 is 5.97 Å². The van der Waals surface area contributed by atoms with Crippen molar-refractivity contribution in [2.24, 2.45) is 11.8 Å². The molecule has 1 aliphatic carbocycles. The van der Waals surface area contributed by atoms with Gasteiger partial charge in [0.25, 0.3) is 0 Å². The van der Waals surface area contributed by atoms with Crippen LogP contribution in [0.2, 0.25) is 0 Å². The topological polar surface area (TPSA) is 37.3 Å². The van der Waals surface area contributed by atoms with Gasteiger partial charge >= 0.3 is 5.97 Å². The average Bonchev–Trinajstić information content (AvgIpc) is 2.76. The summed E-state index contributed by atoms with van der Waals surface area (Å²) in [7, 11) is 0. The second-order valence-electron chi connectivity index (χ2n) is 4.88. The first-order valence-electron chi connectivity index (χ1n) is 6.96. The molecule has 18 heavy (non-hydrogen) atoms. The van der Waals surface area contributed by atoms with Gasteiger partial charge in [0, 0.05) is 6.08 Å². The van der Waals surface area contributed by atoms with Crippen LogP contribution in [0.3, 0.4) is 0 Å².